The number of aryl methyl sites for hydroxylation is 1. The summed E-state index contributed by atoms with van der Waals surface area (Å²) in [5.41, 5.74) is 0.677. The van der Waals surface area contributed by atoms with E-state index < -0.39 is 0 Å². The molecule has 5 nitrogen and oxygen atoms in total. The molecule has 0 spiro atoms. The quantitative estimate of drug-likeness (QED) is 0.758. The average Bonchev–Trinajstić information content (AvgIpc) is 3.27. The standard InChI is InChI=1S/C21H25N3O2S2/c1-12-2-3-17(28-12)16-11-27-20(23-16)24-18(25)10-22-19(26)21-7-13-4-14(8-21)6-15(5-13)9-21/h2-3,11,13-15H,4-10H2,1H3,(H,22,26)(H,23,24,25). The van der Waals surface area contributed by atoms with E-state index in [0.717, 1.165) is 47.6 Å². The zero-order valence-electron chi connectivity index (χ0n) is 16.0. The topological polar surface area (TPSA) is 71.1 Å². The second-order valence-electron chi connectivity index (χ2n) is 8.88. The van der Waals surface area contributed by atoms with Crippen molar-refractivity contribution in [3.8, 4) is 10.6 Å². The van der Waals surface area contributed by atoms with Crippen molar-refractivity contribution in [2.75, 3.05) is 11.9 Å². The molecule has 2 aromatic rings. The lowest BCUT2D eigenvalue weighted by Gasteiger charge is -2.55. The van der Waals surface area contributed by atoms with Crippen molar-refractivity contribution in [2.24, 2.45) is 23.2 Å². The van der Waals surface area contributed by atoms with E-state index in [9.17, 15) is 9.59 Å². The predicted molar refractivity (Wildman–Crippen MR) is 112 cm³/mol. The minimum absolute atomic E-state index is 0.0214. The number of nitrogens with one attached hydrogen (secondary N) is 2. The second-order valence-corrected chi connectivity index (χ2v) is 11.0. The van der Waals surface area contributed by atoms with Gasteiger partial charge in [0.1, 0.15) is 0 Å². The van der Waals surface area contributed by atoms with Crippen molar-refractivity contribution < 1.29 is 9.59 Å². The van der Waals surface area contributed by atoms with Crippen LogP contribution in [0, 0.1) is 30.1 Å². The van der Waals surface area contributed by atoms with E-state index in [1.165, 1.54) is 35.5 Å². The van der Waals surface area contributed by atoms with Gasteiger partial charge in [-0.2, -0.15) is 0 Å². The Morgan fingerprint density at radius 2 is 1.82 bits per heavy atom. The minimum atomic E-state index is -0.208. The van der Waals surface area contributed by atoms with Crippen LogP contribution in [-0.2, 0) is 9.59 Å². The van der Waals surface area contributed by atoms with Gasteiger partial charge in [0.2, 0.25) is 11.8 Å². The van der Waals surface area contributed by atoms with Crippen LogP contribution in [0.5, 0.6) is 0 Å². The Morgan fingerprint density at radius 3 is 2.43 bits per heavy atom. The number of hydrogen-bond donors (Lipinski definition) is 2. The first kappa shape index (κ1) is 18.3. The lowest BCUT2D eigenvalue weighted by atomic mass is 9.49. The van der Waals surface area contributed by atoms with Crippen LogP contribution >= 0.6 is 22.7 Å². The molecule has 4 fully saturated rings. The Bertz CT molecular complexity index is 881. The number of anilines is 1. The highest BCUT2D eigenvalue weighted by molar-refractivity contribution is 7.17. The number of nitrogens with zero attached hydrogens (tertiary/aromatic N) is 1. The van der Waals surface area contributed by atoms with Gasteiger partial charge in [0.15, 0.2) is 5.13 Å². The Hall–Kier alpha value is -1.73. The SMILES string of the molecule is Cc1ccc(-c2csc(NC(=O)CNC(=O)C34CC5CC(CC(C5)C3)C4)n2)s1. The lowest BCUT2D eigenvalue weighted by Crippen LogP contribution is -2.54. The molecule has 4 aliphatic rings. The molecule has 4 saturated carbocycles. The van der Waals surface area contributed by atoms with Gasteiger partial charge in [-0.15, -0.1) is 22.7 Å². The average molecular weight is 416 g/mol. The number of thiophene rings is 1. The summed E-state index contributed by atoms with van der Waals surface area (Å²) in [7, 11) is 0. The largest absolute Gasteiger partial charge is 0.347 e. The third-order valence-corrected chi connectivity index (χ3v) is 8.45. The van der Waals surface area contributed by atoms with E-state index in [1.807, 2.05) is 11.4 Å². The molecule has 0 unspecified atom stereocenters. The maximum atomic E-state index is 12.9. The first-order valence-electron chi connectivity index (χ1n) is 10.1. The van der Waals surface area contributed by atoms with Gasteiger partial charge in [-0.3, -0.25) is 9.59 Å². The summed E-state index contributed by atoms with van der Waals surface area (Å²) < 4.78 is 0. The summed E-state index contributed by atoms with van der Waals surface area (Å²) in [5.74, 6) is 2.05. The van der Waals surface area contributed by atoms with Crippen LogP contribution in [-0.4, -0.2) is 23.3 Å². The number of amides is 2. The van der Waals surface area contributed by atoms with E-state index in [0.29, 0.717) is 5.13 Å². The van der Waals surface area contributed by atoms with Gasteiger partial charge in [-0.25, -0.2) is 4.98 Å². The Balaban J connectivity index is 1.17. The molecule has 6 rings (SSSR count). The van der Waals surface area contributed by atoms with Gasteiger partial charge in [-0.05, 0) is 75.3 Å². The van der Waals surface area contributed by atoms with Gasteiger partial charge in [0.25, 0.3) is 0 Å². The van der Waals surface area contributed by atoms with Crippen LogP contribution in [0.25, 0.3) is 10.6 Å². The van der Waals surface area contributed by atoms with Crippen molar-refractivity contribution in [3.63, 3.8) is 0 Å². The fourth-order valence-electron chi connectivity index (χ4n) is 5.92. The molecule has 2 N–H and O–H groups in total. The van der Waals surface area contributed by atoms with Crippen molar-refractivity contribution >= 4 is 39.6 Å². The monoisotopic (exact) mass is 415 g/mol. The van der Waals surface area contributed by atoms with Crippen LogP contribution in [0.3, 0.4) is 0 Å². The normalized spacial score (nSPS) is 30.4. The zero-order valence-corrected chi connectivity index (χ0v) is 17.6. The Morgan fingerprint density at radius 1 is 1.14 bits per heavy atom. The summed E-state index contributed by atoms with van der Waals surface area (Å²) in [6.45, 7) is 2.09. The Kier molecular flexibility index (Phi) is 4.55. The van der Waals surface area contributed by atoms with E-state index in [4.69, 9.17) is 0 Å². The van der Waals surface area contributed by atoms with Crippen molar-refractivity contribution in [3.05, 3.63) is 22.4 Å². The van der Waals surface area contributed by atoms with E-state index in [-0.39, 0.29) is 23.8 Å². The molecule has 0 atom stereocenters. The molecule has 7 heteroatoms. The van der Waals surface area contributed by atoms with Crippen molar-refractivity contribution in [1.82, 2.24) is 10.3 Å². The van der Waals surface area contributed by atoms with Crippen LogP contribution < -0.4 is 10.6 Å². The highest BCUT2D eigenvalue weighted by Gasteiger charge is 2.54. The number of thiazole rings is 1. The van der Waals surface area contributed by atoms with Gasteiger partial charge in [-0.1, -0.05) is 0 Å². The maximum absolute atomic E-state index is 12.9. The lowest BCUT2D eigenvalue weighted by molar-refractivity contribution is -0.146. The number of aromatic nitrogens is 1. The first-order valence-corrected chi connectivity index (χ1v) is 11.8. The summed E-state index contributed by atoms with van der Waals surface area (Å²) in [6.07, 6.45) is 6.98. The number of carbonyl (C=O) groups excluding carboxylic acids is 2. The molecule has 0 aromatic carbocycles. The second kappa shape index (κ2) is 6.95. The molecular weight excluding hydrogens is 390 g/mol. The molecular formula is C21H25N3O2S2. The van der Waals surface area contributed by atoms with E-state index in [1.54, 1.807) is 11.3 Å². The van der Waals surface area contributed by atoms with Gasteiger partial charge in [0, 0.05) is 15.7 Å². The molecule has 0 saturated heterocycles. The Labute approximate surface area is 173 Å². The third kappa shape index (κ3) is 3.39. The molecule has 2 heterocycles. The number of hydrogen-bond acceptors (Lipinski definition) is 5. The zero-order chi connectivity index (χ0) is 19.3. The van der Waals surface area contributed by atoms with Gasteiger partial charge >= 0.3 is 0 Å². The van der Waals surface area contributed by atoms with Crippen LogP contribution in [0.4, 0.5) is 5.13 Å². The molecule has 0 aliphatic heterocycles. The summed E-state index contributed by atoms with van der Waals surface area (Å²) in [4.78, 5) is 32.1. The van der Waals surface area contributed by atoms with Crippen LogP contribution in [0.2, 0.25) is 0 Å². The molecule has 4 bridgehead atoms. The molecule has 4 aliphatic carbocycles. The van der Waals surface area contributed by atoms with Gasteiger partial charge < -0.3 is 10.6 Å². The molecule has 28 heavy (non-hydrogen) atoms. The van der Waals surface area contributed by atoms with Crippen molar-refractivity contribution in [1.29, 1.82) is 0 Å². The molecule has 2 aromatic heterocycles. The molecule has 148 valence electrons. The predicted octanol–water partition coefficient (Wildman–Crippen LogP) is 4.45. The number of carbonyl (C=O) groups is 2. The highest BCUT2D eigenvalue weighted by Crippen LogP contribution is 2.60. The first-order chi connectivity index (χ1) is 13.5. The van der Waals surface area contributed by atoms with E-state index in [2.05, 4.69) is 28.6 Å². The fraction of sp³-hybridized carbons (Fsp3) is 0.571. The molecule has 0 radical (unpaired) electrons. The van der Waals surface area contributed by atoms with E-state index >= 15 is 0 Å². The third-order valence-electron chi connectivity index (χ3n) is 6.67. The summed E-state index contributed by atoms with van der Waals surface area (Å²) in [6, 6.07) is 4.12. The molecule has 2 amide bonds. The smallest absolute Gasteiger partial charge is 0.245 e. The maximum Gasteiger partial charge on any atom is 0.245 e. The number of rotatable bonds is 5. The fourth-order valence-corrected chi connectivity index (χ4v) is 7.55. The highest BCUT2D eigenvalue weighted by atomic mass is 32.1. The summed E-state index contributed by atoms with van der Waals surface area (Å²) >= 11 is 3.10. The minimum Gasteiger partial charge on any atom is -0.347 e. The van der Waals surface area contributed by atoms with Crippen molar-refractivity contribution in [2.45, 2.75) is 45.4 Å². The van der Waals surface area contributed by atoms with Crippen LogP contribution in [0.15, 0.2) is 17.5 Å². The van der Waals surface area contributed by atoms with Crippen LogP contribution in [0.1, 0.15) is 43.4 Å². The summed E-state index contributed by atoms with van der Waals surface area (Å²) in [5, 5.41) is 8.29. The van der Waals surface area contributed by atoms with Gasteiger partial charge in [0.05, 0.1) is 17.1 Å².